The Labute approximate surface area is 93.7 Å². The van der Waals surface area contributed by atoms with Crippen molar-refractivity contribution < 1.29 is 0 Å². The van der Waals surface area contributed by atoms with Crippen molar-refractivity contribution in [3.8, 4) is 0 Å². The number of nitrogen functional groups attached to an aromatic ring is 1. The molecule has 0 radical (unpaired) electrons. The van der Waals surface area contributed by atoms with Crippen LogP contribution in [0, 0.1) is 6.92 Å². The lowest BCUT2D eigenvalue weighted by Gasteiger charge is -2.19. The zero-order chi connectivity index (χ0) is 11.6. The molecule has 0 bridgehead atoms. The number of nitrogens with two attached hydrogens (primary N) is 1. The van der Waals surface area contributed by atoms with Crippen molar-refractivity contribution in [2.45, 2.75) is 52.9 Å². The van der Waals surface area contributed by atoms with Crippen molar-refractivity contribution in [1.29, 1.82) is 0 Å². The van der Waals surface area contributed by atoms with E-state index in [9.17, 15) is 0 Å². The highest BCUT2D eigenvalue weighted by Crippen LogP contribution is 2.32. The predicted octanol–water partition coefficient (Wildman–Crippen LogP) is 4.21. The zero-order valence-electron chi connectivity index (χ0n) is 10.6. The number of rotatable bonds is 3. The molecular weight excluding hydrogens is 182 g/mol. The molecule has 0 fully saturated rings. The normalized spacial score (nSPS) is 13.2. The molecule has 1 aromatic carbocycles. The lowest BCUT2D eigenvalue weighted by molar-refractivity contribution is 0.731. The molecule has 0 saturated heterocycles. The third kappa shape index (κ3) is 2.53. The number of hydrogen-bond donors (Lipinski definition) is 1. The number of hydrogen-bond acceptors (Lipinski definition) is 1. The van der Waals surface area contributed by atoms with Gasteiger partial charge in [0.15, 0.2) is 0 Å². The van der Waals surface area contributed by atoms with Gasteiger partial charge in [-0.25, -0.2) is 0 Å². The topological polar surface area (TPSA) is 26.0 Å². The molecule has 0 saturated carbocycles. The van der Waals surface area contributed by atoms with Crippen molar-refractivity contribution in [3.63, 3.8) is 0 Å². The lowest BCUT2D eigenvalue weighted by Crippen LogP contribution is -2.05. The van der Waals surface area contributed by atoms with E-state index in [0.717, 1.165) is 12.1 Å². The molecule has 84 valence electrons. The van der Waals surface area contributed by atoms with Crippen molar-refractivity contribution >= 4 is 5.69 Å². The maximum Gasteiger partial charge on any atom is 0.0384 e. The van der Waals surface area contributed by atoms with Gasteiger partial charge in [-0.2, -0.15) is 0 Å². The van der Waals surface area contributed by atoms with E-state index in [1.165, 1.54) is 16.7 Å². The SMILES string of the molecule is CCC(C)c1cc(C)cc(C(C)C)c1N. The van der Waals surface area contributed by atoms with Gasteiger partial charge in [0.05, 0.1) is 0 Å². The smallest absolute Gasteiger partial charge is 0.0384 e. The Morgan fingerprint density at radius 1 is 1.13 bits per heavy atom. The molecular formula is C14H23N. The van der Waals surface area contributed by atoms with Gasteiger partial charge >= 0.3 is 0 Å². The van der Waals surface area contributed by atoms with Gasteiger partial charge in [-0.15, -0.1) is 0 Å². The first-order valence-electron chi connectivity index (χ1n) is 5.87. The second kappa shape index (κ2) is 4.69. The van der Waals surface area contributed by atoms with Gasteiger partial charge in [0, 0.05) is 5.69 Å². The Kier molecular flexibility index (Phi) is 3.78. The van der Waals surface area contributed by atoms with Gasteiger partial charge in [-0.05, 0) is 36.3 Å². The third-order valence-electron chi connectivity index (χ3n) is 3.15. The van der Waals surface area contributed by atoms with Crippen LogP contribution in [-0.2, 0) is 0 Å². The molecule has 1 rings (SSSR count). The monoisotopic (exact) mass is 205 g/mol. The Morgan fingerprint density at radius 2 is 1.67 bits per heavy atom. The fourth-order valence-electron chi connectivity index (χ4n) is 1.96. The maximum atomic E-state index is 6.23. The van der Waals surface area contributed by atoms with E-state index in [2.05, 4.69) is 46.8 Å². The molecule has 0 aliphatic heterocycles. The zero-order valence-corrected chi connectivity index (χ0v) is 10.6. The molecule has 0 heterocycles. The minimum absolute atomic E-state index is 0.507. The number of benzene rings is 1. The summed E-state index contributed by atoms with van der Waals surface area (Å²) in [6.45, 7) is 11.0. The molecule has 2 N–H and O–H groups in total. The van der Waals surface area contributed by atoms with E-state index in [-0.39, 0.29) is 0 Å². The van der Waals surface area contributed by atoms with Crippen LogP contribution in [0.1, 0.15) is 62.6 Å². The number of aryl methyl sites for hydroxylation is 1. The Balaban J connectivity index is 3.28. The van der Waals surface area contributed by atoms with Crippen LogP contribution in [0.5, 0.6) is 0 Å². The average Bonchev–Trinajstić information content (AvgIpc) is 2.19. The van der Waals surface area contributed by atoms with E-state index < -0.39 is 0 Å². The number of anilines is 1. The summed E-state index contributed by atoms with van der Waals surface area (Å²) in [6, 6.07) is 4.45. The molecule has 1 aromatic rings. The van der Waals surface area contributed by atoms with E-state index in [4.69, 9.17) is 5.73 Å². The molecule has 0 aliphatic carbocycles. The maximum absolute atomic E-state index is 6.23. The lowest BCUT2D eigenvalue weighted by atomic mass is 9.89. The molecule has 15 heavy (non-hydrogen) atoms. The Hall–Kier alpha value is -0.980. The van der Waals surface area contributed by atoms with Crippen LogP contribution in [0.25, 0.3) is 0 Å². The first kappa shape index (κ1) is 12.1. The molecule has 0 amide bonds. The molecule has 1 nitrogen and oxygen atoms in total. The van der Waals surface area contributed by atoms with Gasteiger partial charge in [0.25, 0.3) is 0 Å². The van der Waals surface area contributed by atoms with Crippen LogP contribution in [0.2, 0.25) is 0 Å². The van der Waals surface area contributed by atoms with Gasteiger partial charge < -0.3 is 5.73 Å². The summed E-state index contributed by atoms with van der Waals surface area (Å²) in [5, 5.41) is 0. The Bertz CT molecular complexity index is 339. The minimum atomic E-state index is 0.507. The summed E-state index contributed by atoms with van der Waals surface area (Å²) in [6.07, 6.45) is 1.14. The highest BCUT2D eigenvalue weighted by atomic mass is 14.6. The van der Waals surface area contributed by atoms with Gasteiger partial charge in [0.2, 0.25) is 0 Å². The molecule has 1 unspecified atom stereocenters. The van der Waals surface area contributed by atoms with Crippen molar-refractivity contribution in [2.24, 2.45) is 0 Å². The summed E-state index contributed by atoms with van der Waals surface area (Å²) in [4.78, 5) is 0. The average molecular weight is 205 g/mol. The van der Waals surface area contributed by atoms with Crippen molar-refractivity contribution in [3.05, 3.63) is 28.8 Å². The van der Waals surface area contributed by atoms with Gasteiger partial charge in [-0.1, -0.05) is 45.4 Å². The first-order chi connectivity index (χ1) is 6.97. The second-order valence-corrected chi connectivity index (χ2v) is 4.82. The highest BCUT2D eigenvalue weighted by Gasteiger charge is 2.13. The van der Waals surface area contributed by atoms with Crippen LogP contribution in [0.15, 0.2) is 12.1 Å². The minimum Gasteiger partial charge on any atom is -0.398 e. The highest BCUT2D eigenvalue weighted by molar-refractivity contribution is 5.58. The molecule has 0 spiro atoms. The van der Waals surface area contributed by atoms with Crippen LogP contribution in [-0.4, -0.2) is 0 Å². The van der Waals surface area contributed by atoms with Crippen LogP contribution >= 0.6 is 0 Å². The largest absolute Gasteiger partial charge is 0.398 e. The Morgan fingerprint density at radius 3 is 2.13 bits per heavy atom. The third-order valence-corrected chi connectivity index (χ3v) is 3.15. The summed E-state index contributed by atoms with van der Waals surface area (Å²) in [5.74, 6) is 1.06. The van der Waals surface area contributed by atoms with E-state index in [1.807, 2.05) is 0 Å². The van der Waals surface area contributed by atoms with Crippen molar-refractivity contribution in [2.75, 3.05) is 5.73 Å². The van der Waals surface area contributed by atoms with Crippen LogP contribution in [0.3, 0.4) is 0 Å². The summed E-state index contributed by atoms with van der Waals surface area (Å²) < 4.78 is 0. The van der Waals surface area contributed by atoms with Gasteiger partial charge in [0.1, 0.15) is 0 Å². The molecule has 1 heteroatoms. The fraction of sp³-hybridized carbons (Fsp3) is 0.571. The summed E-state index contributed by atoms with van der Waals surface area (Å²) >= 11 is 0. The standard InChI is InChI=1S/C14H23N/c1-6-11(5)13-8-10(4)7-12(9(2)3)14(13)15/h7-9,11H,6,15H2,1-5H3. The molecule has 0 aliphatic rings. The summed E-state index contributed by atoms with van der Waals surface area (Å²) in [7, 11) is 0. The summed E-state index contributed by atoms with van der Waals surface area (Å²) in [5.41, 5.74) is 11.2. The second-order valence-electron chi connectivity index (χ2n) is 4.82. The predicted molar refractivity (Wildman–Crippen MR) is 68.4 cm³/mol. The van der Waals surface area contributed by atoms with E-state index in [1.54, 1.807) is 0 Å². The fourth-order valence-corrected chi connectivity index (χ4v) is 1.96. The van der Waals surface area contributed by atoms with Crippen molar-refractivity contribution in [1.82, 2.24) is 0 Å². The first-order valence-corrected chi connectivity index (χ1v) is 5.87. The molecule has 0 aromatic heterocycles. The van der Waals surface area contributed by atoms with E-state index >= 15 is 0 Å². The molecule has 1 atom stereocenters. The van der Waals surface area contributed by atoms with Crippen LogP contribution in [0.4, 0.5) is 5.69 Å². The quantitative estimate of drug-likeness (QED) is 0.735. The van der Waals surface area contributed by atoms with E-state index in [0.29, 0.717) is 11.8 Å². The van der Waals surface area contributed by atoms with Gasteiger partial charge in [-0.3, -0.25) is 0 Å². The van der Waals surface area contributed by atoms with Crippen LogP contribution < -0.4 is 5.73 Å².